The Bertz CT molecular complexity index is 144. The predicted octanol–water partition coefficient (Wildman–Crippen LogP) is 3.12. The standard InChI is InChI=1S/C10H19P/c1-7-3-4-9-8(2)6-11-10(9)5-7/h7-11H,3-6H2,1-2H3/t7-,8?,9+,10-/m1/s1. The zero-order valence-corrected chi connectivity index (χ0v) is 8.64. The fourth-order valence-corrected chi connectivity index (χ4v) is 5.15. The lowest BCUT2D eigenvalue weighted by molar-refractivity contribution is 0.260. The van der Waals surface area contributed by atoms with E-state index in [9.17, 15) is 0 Å². The lowest BCUT2D eigenvalue weighted by atomic mass is 9.77. The van der Waals surface area contributed by atoms with Gasteiger partial charge in [0.15, 0.2) is 0 Å². The minimum atomic E-state index is 1.04. The molecule has 1 aliphatic carbocycles. The molecule has 1 saturated carbocycles. The maximum atomic E-state index is 2.47. The van der Waals surface area contributed by atoms with Gasteiger partial charge in [0.25, 0.3) is 0 Å². The Kier molecular flexibility index (Phi) is 2.23. The average molecular weight is 170 g/mol. The fraction of sp³-hybridized carbons (Fsp3) is 1.00. The van der Waals surface area contributed by atoms with Crippen LogP contribution in [-0.4, -0.2) is 11.8 Å². The first-order valence-corrected chi connectivity index (χ1v) is 6.29. The van der Waals surface area contributed by atoms with Crippen molar-refractivity contribution in [1.29, 1.82) is 0 Å². The van der Waals surface area contributed by atoms with Gasteiger partial charge >= 0.3 is 0 Å². The Morgan fingerprint density at radius 2 is 2.00 bits per heavy atom. The van der Waals surface area contributed by atoms with Crippen LogP contribution in [-0.2, 0) is 0 Å². The van der Waals surface area contributed by atoms with Gasteiger partial charge in [-0.2, -0.15) is 0 Å². The van der Waals surface area contributed by atoms with E-state index in [1.165, 1.54) is 15.0 Å². The molecule has 0 amide bonds. The predicted molar refractivity (Wildman–Crippen MR) is 52.6 cm³/mol. The summed E-state index contributed by atoms with van der Waals surface area (Å²) in [7, 11) is 1.30. The van der Waals surface area contributed by atoms with Crippen molar-refractivity contribution in [3.63, 3.8) is 0 Å². The summed E-state index contributed by atoms with van der Waals surface area (Å²) in [6.45, 7) is 4.90. The Labute approximate surface area is 71.9 Å². The molecule has 11 heavy (non-hydrogen) atoms. The summed E-state index contributed by atoms with van der Waals surface area (Å²) in [4.78, 5) is 0. The topological polar surface area (TPSA) is 0 Å². The first kappa shape index (κ1) is 8.05. The quantitative estimate of drug-likeness (QED) is 0.490. The molecule has 1 heterocycles. The van der Waals surface area contributed by atoms with Crippen molar-refractivity contribution in [1.82, 2.24) is 0 Å². The van der Waals surface area contributed by atoms with Crippen molar-refractivity contribution < 1.29 is 0 Å². The zero-order chi connectivity index (χ0) is 7.84. The van der Waals surface area contributed by atoms with Crippen LogP contribution < -0.4 is 0 Å². The van der Waals surface area contributed by atoms with Gasteiger partial charge in [0.1, 0.15) is 0 Å². The van der Waals surface area contributed by atoms with Crippen LogP contribution in [0.5, 0.6) is 0 Å². The van der Waals surface area contributed by atoms with Gasteiger partial charge < -0.3 is 0 Å². The molecule has 1 saturated heterocycles. The van der Waals surface area contributed by atoms with Crippen molar-refractivity contribution in [3.05, 3.63) is 0 Å². The van der Waals surface area contributed by atoms with Crippen molar-refractivity contribution in [2.24, 2.45) is 17.8 Å². The van der Waals surface area contributed by atoms with Gasteiger partial charge in [0, 0.05) is 0 Å². The second kappa shape index (κ2) is 3.05. The molecule has 2 fully saturated rings. The van der Waals surface area contributed by atoms with Crippen molar-refractivity contribution in [3.8, 4) is 0 Å². The Hall–Kier alpha value is 0.430. The van der Waals surface area contributed by atoms with E-state index in [2.05, 4.69) is 13.8 Å². The van der Waals surface area contributed by atoms with E-state index in [1.807, 2.05) is 0 Å². The van der Waals surface area contributed by atoms with Crippen molar-refractivity contribution in [2.75, 3.05) is 6.16 Å². The summed E-state index contributed by atoms with van der Waals surface area (Å²) in [5.41, 5.74) is 1.15. The van der Waals surface area contributed by atoms with Crippen molar-refractivity contribution in [2.45, 2.75) is 38.8 Å². The largest absolute Gasteiger partial charge is 0.118 e. The maximum absolute atomic E-state index is 2.47. The summed E-state index contributed by atoms with van der Waals surface area (Å²) >= 11 is 0. The highest BCUT2D eigenvalue weighted by Crippen LogP contribution is 2.50. The smallest absolute Gasteiger partial charge is 0.0203 e. The van der Waals surface area contributed by atoms with Crippen LogP contribution in [0, 0.1) is 17.8 Å². The number of rotatable bonds is 0. The molecule has 0 aromatic rings. The highest BCUT2D eigenvalue weighted by molar-refractivity contribution is 7.39. The molecule has 0 N–H and O–H groups in total. The highest BCUT2D eigenvalue weighted by Gasteiger charge is 2.36. The third-order valence-corrected chi connectivity index (χ3v) is 5.67. The van der Waals surface area contributed by atoms with E-state index in [-0.39, 0.29) is 0 Å². The second-order valence-corrected chi connectivity index (χ2v) is 6.13. The fourth-order valence-electron chi connectivity index (χ4n) is 2.81. The van der Waals surface area contributed by atoms with Gasteiger partial charge in [-0.3, -0.25) is 0 Å². The lowest BCUT2D eigenvalue weighted by Gasteiger charge is -2.31. The minimum Gasteiger partial charge on any atom is -0.118 e. The molecule has 1 aliphatic heterocycles. The molecule has 2 unspecified atom stereocenters. The minimum absolute atomic E-state index is 1.04. The zero-order valence-electron chi connectivity index (χ0n) is 7.64. The first-order chi connectivity index (χ1) is 5.27. The summed E-state index contributed by atoms with van der Waals surface area (Å²) in [6.07, 6.45) is 6.14. The maximum Gasteiger partial charge on any atom is -0.0203 e. The van der Waals surface area contributed by atoms with E-state index in [0.29, 0.717) is 0 Å². The van der Waals surface area contributed by atoms with Gasteiger partial charge in [-0.15, -0.1) is 8.58 Å². The molecule has 0 radical (unpaired) electrons. The van der Waals surface area contributed by atoms with Gasteiger partial charge in [0.2, 0.25) is 0 Å². The van der Waals surface area contributed by atoms with E-state index in [1.54, 1.807) is 19.0 Å². The van der Waals surface area contributed by atoms with Crippen LogP contribution in [0.3, 0.4) is 0 Å². The SMILES string of the molecule is CC1CP[C@@H]2C[C@H](C)CC[C@@H]12. The Balaban J connectivity index is 2.00. The van der Waals surface area contributed by atoms with Crippen LogP contribution in [0.25, 0.3) is 0 Å². The molecule has 1 heteroatoms. The number of hydrogen-bond acceptors (Lipinski definition) is 0. The molecule has 64 valence electrons. The van der Waals surface area contributed by atoms with Gasteiger partial charge in [-0.1, -0.05) is 20.3 Å². The third-order valence-electron chi connectivity index (χ3n) is 3.60. The lowest BCUT2D eigenvalue weighted by Crippen LogP contribution is -2.24. The summed E-state index contributed by atoms with van der Waals surface area (Å²) in [6, 6.07) is 0. The van der Waals surface area contributed by atoms with Crippen LogP contribution in [0.4, 0.5) is 0 Å². The van der Waals surface area contributed by atoms with E-state index in [4.69, 9.17) is 0 Å². The summed E-state index contributed by atoms with van der Waals surface area (Å²) < 4.78 is 0. The second-order valence-electron chi connectivity index (χ2n) is 4.57. The molecule has 0 aromatic carbocycles. The molecule has 0 aromatic heterocycles. The van der Waals surface area contributed by atoms with Gasteiger partial charge in [-0.25, -0.2) is 0 Å². The summed E-state index contributed by atoms with van der Waals surface area (Å²) in [5.74, 6) is 3.23. The van der Waals surface area contributed by atoms with Crippen LogP contribution in [0.2, 0.25) is 0 Å². The highest BCUT2D eigenvalue weighted by atomic mass is 31.1. The number of fused-ring (bicyclic) bond motifs is 1. The van der Waals surface area contributed by atoms with Gasteiger partial charge in [-0.05, 0) is 42.4 Å². The number of hydrogen-bond donors (Lipinski definition) is 0. The molecular weight excluding hydrogens is 151 g/mol. The van der Waals surface area contributed by atoms with E-state index in [0.717, 1.165) is 23.4 Å². The van der Waals surface area contributed by atoms with Crippen LogP contribution >= 0.6 is 8.58 Å². The molecule has 0 nitrogen and oxygen atoms in total. The normalized spacial score (nSPS) is 52.9. The van der Waals surface area contributed by atoms with E-state index < -0.39 is 0 Å². The third kappa shape index (κ3) is 1.47. The van der Waals surface area contributed by atoms with Crippen molar-refractivity contribution >= 4 is 8.58 Å². The molecule has 5 atom stereocenters. The van der Waals surface area contributed by atoms with Crippen LogP contribution in [0.1, 0.15) is 33.1 Å². The molecular formula is C10H19P. The Morgan fingerprint density at radius 1 is 1.18 bits per heavy atom. The summed E-state index contributed by atoms with van der Waals surface area (Å²) in [5, 5.41) is 0. The molecule has 0 bridgehead atoms. The molecule has 2 aliphatic rings. The van der Waals surface area contributed by atoms with Gasteiger partial charge in [0.05, 0.1) is 0 Å². The van der Waals surface area contributed by atoms with Crippen LogP contribution in [0.15, 0.2) is 0 Å². The Morgan fingerprint density at radius 3 is 2.82 bits per heavy atom. The molecule has 0 spiro atoms. The first-order valence-electron chi connectivity index (χ1n) is 5.00. The van der Waals surface area contributed by atoms with E-state index >= 15 is 0 Å². The molecule has 2 rings (SSSR count). The average Bonchev–Trinajstić information content (AvgIpc) is 2.32. The monoisotopic (exact) mass is 170 g/mol.